The summed E-state index contributed by atoms with van der Waals surface area (Å²) in [4.78, 5) is 37.8. The standard InChI is InChI=1S/C24H23N3O4/c1-2-27-23(29)20(22(28)25-24(27)30)15-17-16-26(21-12-7-6-11-19(17)21)13-8-14-31-18-9-4-3-5-10-18/h3-7,9-12,15-16H,2,8,13-14H2,1H3,(H,25,28,30). The molecule has 31 heavy (non-hydrogen) atoms. The lowest BCUT2D eigenvalue weighted by atomic mass is 10.1. The lowest BCUT2D eigenvalue weighted by Crippen LogP contribution is -2.53. The number of hydrogen-bond donors (Lipinski definition) is 1. The number of urea groups is 1. The molecule has 0 spiro atoms. The molecule has 4 amide bonds. The van der Waals surface area contributed by atoms with E-state index in [4.69, 9.17) is 4.74 Å². The largest absolute Gasteiger partial charge is 0.494 e. The molecule has 4 rings (SSSR count). The molecule has 2 heterocycles. The summed E-state index contributed by atoms with van der Waals surface area (Å²) in [5.41, 5.74) is 1.71. The number of aryl methyl sites for hydroxylation is 1. The molecule has 0 saturated carbocycles. The second kappa shape index (κ2) is 8.87. The lowest BCUT2D eigenvalue weighted by Gasteiger charge is -2.24. The van der Waals surface area contributed by atoms with E-state index < -0.39 is 17.8 Å². The topological polar surface area (TPSA) is 80.6 Å². The van der Waals surface area contributed by atoms with Gasteiger partial charge < -0.3 is 9.30 Å². The van der Waals surface area contributed by atoms with Crippen LogP contribution in [0, 0.1) is 0 Å². The van der Waals surface area contributed by atoms with E-state index in [1.54, 1.807) is 13.0 Å². The Bertz CT molecular complexity index is 1160. The van der Waals surface area contributed by atoms with Crippen LogP contribution in [0.15, 0.2) is 66.4 Å². The summed E-state index contributed by atoms with van der Waals surface area (Å²) in [6.07, 6.45) is 4.28. The highest BCUT2D eigenvalue weighted by Gasteiger charge is 2.34. The van der Waals surface area contributed by atoms with Gasteiger partial charge in [0.15, 0.2) is 0 Å². The van der Waals surface area contributed by atoms with Crippen LogP contribution in [-0.2, 0) is 16.1 Å². The first-order chi connectivity index (χ1) is 15.1. The molecule has 0 unspecified atom stereocenters. The number of nitrogens with one attached hydrogen (secondary N) is 1. The van der Waals surface area contributed by atoms with E-state index in [2.05, 4.69) is 9.88 Å². The molecule has 2 aromatic carbocycles. The smallest absolute Gasteiger partial charge is 0.331 e. The van der Waals surface area contributed by atoms with Gasteiger partial charge in [0.05, 0.1) is 6.61 Å². The van der Waals surface area contributed by atoms with Crippen molar-refractivity contribution in [2.45, 2.75) is 19.9 Å². The van der Waals surface area contributed by atoms with Gasteiger partial charge in [-0.3, -0.25) is 19.8 Å². The molecular weight excluding hydrogens is 394 g/mol. The van der Waals surface area contributed by atoms with E-state index >= 15 is 0 Å². The van der Waals surface area contributed by atoms with Crippen LogP contribution in [0.5, 0.6) is 5.75 Å². The maximum absolute atomic E-state index is 12.6. The third kappa shape index (κ3) is 4.21. The number of carbonyl (C=O) groups excluding carboxylic acids is 3. The number of hydrogen-bond acceptors (Lipinski definition) is 4. The van der Waals surface area contributed by atoms with Crippen LogP contribution < -0.4 is 10.1 Å². The number of nitrogens with zero attached hydrogens (tertiary/aromatic N) is 2. The van der Waals surface area contributed by atoms with E-state index in [1.807, 2.05) is 60.8 Å². The van der Waals surface area contributed by atoms with E-state index in [0.717, 1.165) is 40.1 Å². The first-order valence-electron chi connectivity index (χ1n) is 10.2. The molecule has 1 aromatic heterocycles. The molecule has 3 aromatic rings. The minimum atomic E-state index is -0.685. The van der Waals surface area contributed by atoms with Crippen molar-refractivity contribution in [1.82, 2.24) is 14.8 Å². The maximum atomic E-state index is 12.6. The Balaban J connectivity index is 1.56. The van der Waals surface area contributed by atoms with Crippen molar-refractivity contribution in [2.24, 2.45) is 0 Å². The molecule has 0 atom stereocenters. The normalized spacial score (nSPS) is 15.6. The zero-order valence-electron chi connectivity index (χ0n) is 17.2. The average Bonchev–Trinajstić information content (AvgIpc) is 3.13. The summed E-state index contributed by atoms with van der Waals surface area (Å²) in [6, 6.07) is 16.8. The van der Waals surface area contributed by atoms with Crippen molar-refractivity contribution in [1.29, 1.82) is 0 Å². The van der Waals surface area contributed by atoms with Crippen LogP contribution in [0.3, 0.4) is 0 Å². The highest BCUT2D eigenvalue weighted by Crippen LogP contribution is 2.25. The Labute approximate surface area is 179 Å². The number of likely N-dealkylation sites (N-methyl/N-ethyl adjacent to an activating group) is 1. The monoisotopic (exact) mass is 417 g/mol. The second-order valence-electron chi connectivity index (χ2n) is 7.18. The maximum Gasteiger partial charge on any atom is 0.331 e. The molecule has 1 saturated heterocycles. The first-order valence-corrected chi connectivity index (χ1v) is 10.2. The summed E-state index contributed by atoms with van der Waals surface area (Å²) >= 11 is 0. The molecule has 158 valence electrons. The summed E-state index contributed by atoms with van der Waals surface area (Å²) in [5.74, 6) is -0.417. The predicted octanol–water partition coefficient (Wildman–Crippen LogP) is 3.59. The molecule has 1 N–H and O–H groups in total. The number of ether oxygens (including phenoxy) is 1. The minimum Gasteiger partial charge on any atom is -0.494 e. The van der Waals surface area contributed by atoms with E-state index in [1.165, 1.54) is 0 Å². The number of aromatic nitrogens is 1. The molecule has 0 bridgehead atoms. The summed E-state index contributed by atoms with van der Waals surface area (Å²) in [6.45, 7) is 3.17. The van der Waals surface area contributed by atoms with Crippen LogP contribution in [0.2, 0.25) is 0 Å². The number of barbiturate groups is 1. The van der Waals surface area contributed by atoms with Crippen LogP contribution >= 0.6 is 0 Å². The number of amides is 4. The Hall–Kier alpha value is -3.87. The Morgan fingerprint density at radius 2 is 1.74 bits per heavy atom. The van der Waals surface area contributed by atoms with Gasteiger partial charge in [-0.1, -0.05) is 36.4 Å². The fraction of sp³-hybridized carbons (Fsp3) is 0.208. The van der Waals surface area contributed by atoms with Crippen LogP contribution in [0.25, 0.3) is 17.0 Å². The third-order valence-electron chi connectivity index (χ3n) is 5.18. The molecule has 7 heteroatoms. The highest BCUT2D eigenvalue weighted by atomic mass is 16.5. The number of para-hydroxylation sites is 2. The first kappa shape index (κ1) is 20.4. The Morgan fingerprint density at radius 1 is 1.00 bits per heavy atom. The number of benzene rings is 2. The van der Waals surface area contributed by atoms with Gasteiger partial charge in [0, 0.05) is 35.8 Å². The summed E-state index contributed by atoms with van der Waals surface area (Å²) < 4.78 is 7.86. The molecule has 7 nitrogen and oxygen atoms in total. The van der Waals surface area contributed by atoms with Gasteiger partial charge in [0.1, 0.15) is 11.3 Å². The van der Waals surface area contributed by atoms with Crippen molar-refractivity contribution in [3.8, 4) is 5.75 Å². The fourth-order valence-electron chi connectivity index (χ4n) is 3.65. The zero-order chi connectivity index (χ0) is 21.8. The summed E-state index contributed by atoms with van der Waals surface area (Å²) in [7, 11) is 0. The Morgan fingerprint density at radius 3 is 2.52 bits per heavy atom. The minimum absolute atomic E-state index is 0.0447. The number of imide groups is 2. The van der Waals surface area contributed by atoms with E-state index in [9.17, 15) is 14.4 Å². The van der Waals surface area contributed by atoms with Gasteiger partial charge in [-0.15, -0.1) is 0 Å². The second-order valence-corrected chi connectivity index (χ2v) is 7.18. The van der Waals surface area contributed by atoms with E-state index in [0.29, 0.717) is 6.61 Å². The number of fused-ring (bicyclic) bond motifs is 1. The van der Waals surface area contributed by atoms with Crippen molar-refractivity contribution in [3.05, 3.63) is 71.9 Å². The van der Waals surface area contributed by atoms with Gasteiger partial charge in [-0.2, -0.15) is 0 Å². The Kier molecular flexibility index (Phi) is 5.84. The quantitative estimate of drug-likeness (QED) is 0.362. The number of rotatable bonds is 7. The lowest BCUT2D eigenvalue weighted by molar-refractivity contribution is -0.129. The van der Waals surface area contributed by atoms with Crippen molar-refractivity contribution in [2.75, 3.05) is 13.2 Å². The SMILES string of the molecule is CCN1C(=O)NC(=O)C(=Cc2cn(CCCOc3ccccc3)c3ccccc23)C1=O. The molecule has 1 aliphatic rings. The van der Waals surface area contributed by atoms with Crippen LogP contribution in [-0.4, -0.2) is 40.5 Å². The molecule has 0 aliphatic carbocycles. The van der Waals surface area contributed by atoms with Crippen LogP contribution in [0.1, 0.15) is 18.9 Å². The molecule has 1 fully saturated rings. The third-order valence-corrected chi connectivity index (χ3v) is 5.18. The predicted molar refractivity (Wildman–Crippen MR) is 117 cm³/mol. The van der Waals surface area contributed by atoms with Crippen molar-refractivity contribution >= 4 is 34.8 Å². The summed E-state index contributed by atoms with van der Waals surface area (Å²) in [5, 5.41) is 3.16. The van der Waals surface area contributed by atoms with Gasteiger partial charge in [0.25, 0.3) is 11.8 Å². The molecule has 0 radical (unpaired) electrons. The fourth-order valence-corrected chi connectivity index (χ4v) is 3.65. The average molecular weight is 417 g/mol. The van der Waals surface area contributed by atoms with Gasteiger partial charge >= 0.3 is 6.03 Å². The van der Waals surface area contributed by atoms with Crippen LogP contribution in [0.4, 0.5) is 4.79 Å². The van der Waals surface area contributed by atoms with Crippen molar-refractivity contribution < 1.29 is 19.1 Å². The van der Waals surface area contributed by atoms with Gasteiger partial charge in [-0.05, 0) is 37.6 Å². The van der Waals surface area contributed by atoms with E-state index in [-0.39, 0.29) is 12.1 Å². The van der Waals surface area contributed by atoms with Gasteiger partial charge in [0.2, 0.25) is 0 Å². The highest BCUT2D eigenvalue weighted by molar-refractivity contribution is 6.31. The molecule has 1 aliphatic heterocycles. The number of carbonyl (C=O) groups is 3. The van der Waals surface area contributed by atoms with Gasteiger partial charge in [-0.25, -0.2) is 4.79 Å². The zero-order valence-corrected chi connectivity index (χ0v) is 17.2. The molecular formula is C24H23N3O4. The van der Waals surface area contributed by atoms with Crippen molar-refractivity contribution in [3.63, 3.8) is 0 Å².